The summed E-state index contributed by atoms with van der Waals surface area (Å²) in [5.74, 6) is 1.65. The molecule has 1 aromatic rings. The van der Waals surface area contributed by atoms with E-state index in [1.54, 1.807) is 0 Å². The molecule has 2 N–H and O–H groups in total. The van der Waals surface area contributed by atoms with E-state index < -0.39 is 0 Å². The highest BCUT2D eigenvalue weighted by molar-refractivity contribution is 5.80. The number of nitrogens with one attached hydrogen (secondary N) is 2. The lowest BCUT2D eigenvalue weighted by Gasteiger charge is -2.37. The van der Waals surface area contributed by atoms with Gasteiger partial charge in [-0.1, -0.05) is 38.1 Å². The van der Waals surface area contributed by atoms with Gasteiger partial charge in [-0.2, -0.15) is 0 Å². The minimum Gasteiger partial charge on any atom is -0.379 e. The Morgan fingerprint density at radius 1 is 1.13 bits per heavy atom. The summed E-state index contributed by atoms with van der Waals surface area (Å²) in [7, 11) is 0. The third-order valence-corrected chi connectivity index (χ3v) is 6.17. The zero-order chi connectivity index (χ0) is 22.1. The molecule has 1 amide bonds. The van der Waals surface area contributed by atoms with E-state index in [2.05, 4.69) is 48.4 Å². The van der Waals surface area contributed by atoms with Crippen LogP contribution in [0.1, 0.15) is 44.7 Å². The number of benzene rings is 1. The molecule has 1 aromatic carbocycles. The Bertz CT molecular complexity index is 730. The first-order valence-electron chi connectivity index (χ1n) is 11.8. The van der Waals surface area contributed by atoms with Crippen LogP contribution in [-0.4, -0.2) is 73.6 Å². The van der Waals surface area contributed by atoms with Crippen LogP contribution in [0.4, 0.5) is 0 Å². The Hall–Kier alpha value is -2.12. The van der Waals surface area contributed by atoms with E-state index in [0.29, 0.717) is 31.5 Å². The number of ether oxygens (including phenoxy) is 1. The number of likely N-dealkylation sites (tertiary alicyclic amines) is 1. The fourth-order valence-electron chi connectivity index (χ4n) is 4.35. The molecule has 3 rings (SSSR count). The first kappa shape index (κ1) is 23.5. The van der Waals surface area contributed by atoms with Gasteiger partial charge in [-0.15, -0.1) is 0 Å². The monoisotopic (exact) mass is 429 g/mol. The second kappa shape index (κ2) is 12.1. The van der Waals surface area contributed by atoms with Crippen molar-refractivity contribution >= 4 is 11.9 Å². The van der Waals surface area contributed by atoms with Gasteiger partial charge in [0.05, 0.1) is 19.8 Å². The second-order valence-corrected chi connectivity index (χ2v) is 8.72. The van der Waals surface area contributed by atoms with Crippen LogP contribution in [0.25, 0.3) is 0 Å². The van der Waals surface area contributed by atoms with Crippen molar-refractivity contribution in [3.05, 3.63) is 35.4 Å². The van der Waals surface area contributed by atoms with Crippen LogP contribution < -0.4 is 10.6 Å². The third kappa shape index (κ3) is 6.94. The molecule has 2 heterocycles. The summed E-state index contributed by atoms with van der Waals surface area (Å²) >= 11 is 0. The van der Waals surface area contributed by atoms with Gasteiger partial charge in [0, 0.05) is 51.7 Å². The molecular weight excluding hydrogens is 390 g/mol. The van der Waals surface area contributed by atoms with Crippen molar-refractivity contribution in [1.82, 2.24) is 20.4 Å². The average Bonchev–Trinajstić information content (AvgIpc) is 3.18. The lowest BCUT2D eigenvalue weighted by molar-refractivity contribution is -0.128. The molecule has 1 unspecified atom stereocenters. The van der Waals surface area contributed by atoms with Crippen molar-refractivity contribution < 1.29 is 9.53 Å². The van der Waals surface area contributed by atoms with Crippen LogP contribution in [0, 0.1) is 5.92 Å². The molecule has 172 valence electrons. The van der Waals surface area contributed by atoms with Crippen LogP contribution in [-0.2, 0) is 22.6 Å². The zero-order valence-electron chi connectivity index (χ0n) is 19.4. The molecule has 2 saturated heterocycles. The number of nitrogens with zero attached hydrogens (tertiary/aromatic N) is 3. The third-order valence-electron chi connectivity index (χ3n) is 6.17. The quantitative estimate of drug-likeness (QED) is 0.465. The molecule has 7 heteroatoms. The molecule has 2 aliphatic heterocycles. The Labute approximate surface area is 187 Å². The molecule has 2 aliphatic rings. The molecule has 0 aromatic heterocycles. The highest BCUT2D eigenvalue weighted by atomic mass is 16.5. The smallest absolute Gasteiger partial charge is 0.222 e. The number of morpholine rings is 1. The number of carbonyl (C=O) groups is 1. The molecule has 0 radical (unpaired) electrons. The van der Waals surface area contributed by atoms with Gasteiger partial charge >= 0.3 is 0 Å². The number of hydrogen-bond acceptors (Lipinski definition) is 4. The molecule has 2 fully saturated rings. The van der Waals surface area contributed by atoms with Gasteiger partial charge in [-0.25, -0.2) is 4.99 Å². The summed E-state index contributed by atoms with van der Waals surface area (Å²) in [5, 5.41) is 6.94. The van der Waals surface area contributed by atoms with Crippen molar-refractivity contribution in [2.75, 3.05) is 45.9 Å². The lowest BCUT2D eigenvalue weighted by atomic mass is 10.0. The summed E-state index contributed by atoms with van der Waals surface area (Å²) in [6.45, 7) is 14.1. The lowest BCUT2D eigenvalue weighted by Crippen LogP contribution is -2.52. The first-order chi connectivity index (χ1) is 15.1. The molecular formula is C24H39N5O2. The number of amides is 1. The maximum atomic E-state index is 12.0. The molecule has 0 saturated carbocycles. The van der Waals surface area contributed by atoms with E-state index in [1.165, 1.54) is 11.1 Å². The predicted octanol–water partition coefficient (Wildman–Crippen LogP) is 2.22. The van der Waals surface area contributed by atoms with E-state index in [-0.39, 0.29) is 5.91 Å². The van der Waals surface area contributed by atoms with Crippen LogP contribution in [0.15, 0.2) is 29.3 Å². The zero-order valence-corrected chi connectivity index (χ0v) is 19.4. The van der Waals surface area contributed by atoms with Crippen molar-refractivity contribution in [3.8, 4) is 0 Å². The number of guanidine groups is 1. The SMILES string of the molecule is CCNC(=NCc1ccccc1CN1CCCC1=O)NCC(C(C)C)N1CCOCC1. The summed E-state index contributed by atoms with van der Waals surface area (Å²) < 4.78 is 5.52. The molecule has 7 nitrogen and oxygen atoms in total. The highest BCUT2D eigenvalue weighted by Crippen LogP contribution is 2.18. The van der Waals surface area contributed by atoms with Gasteiger partial charge in [-0.3, -0.25) is 9.69 Å². The molecule has 1 atom stereocenters. The summed E-state index contributed by atoms with van der Waals surface area (Å²) in [4.78, 5) is 21.4. The minimum atomic E-state index is 0.260. The summed E-state index contributed by atoms with van der Waals surface area (Å²) in [6, 6.07) is 8.77. The van der Waals surface area contributed by atoms with E-state index in [9.17, 15) is 4.79 Å². The minimum absolute atomic E-state index is 0.260. The Morgan fingerprint density at radius 2 is 1.87 bits per heavy atom. The number of rotatable bonds is 9. The van der Waals surface area contributed by atoms with Crippen molar-refractivity contribution in [1.29, 1.82) is 0 Å². The summed E-state index contributed by atoms with van der Waals surface area (Å²) in [5.41, 5.74) is 2.36. The first-order valence-corrected chi connectivity index (χ1v) is 11.8. The number of carbonyl (C=O) groups excluding carboxylic acids is 1. The van der Waals surface area contributed by atoms with Crippen molar-refractivity contribution in [3.63, 3.8) is 0 Å². The van der Waals surface area contributed by atoms with Crippen LogP contribution >= 0.6 is 0 Å². The van der Waals surface area contributed by atoms with E-state index in [4.69, 9.17) is 9.73 Å². The van der Waals surface area contributed by atoms with Crippen molar-refractivity contribution in [2.24, 2.45) is 10.9 Å². The van der Waals surface area contributed by atoms with E-state index >= 15 is 0 Å². The predicted molar refractivity (Wildman–Crippen MR) is 125 cm³/mol. The van der Waals surface area contributed by atoms with Gasteiger partial charge in [0.25, 0.3) is 0 Å². The summed E-state index contributed by atoms with van der Waals surface area (Å²) in [6.07, 6.45) is 1.64. The van der Waals surface area contributed by atoms with Crippen LogP contribution in [0.2, 0.25) is 0 Å². The van der Waals surface area contributed by atoms with E-state index in [1.807, 2.05) is 17.0 Å². The molecule has 0 bridgehead atoms. The fraction of sp³-hybridized carbons (Fsp3) is 0.667. The second-order valence-electron chi connectivity index (χ2n) is 8.72. The Kier molecular flexibility index (Phi) is 9.15. The van der Waals surface area contributed by atoms with Gasteiger partial charge in [0.15, 0.2) is 5.96 Å². The number of aliphatic imine (C=N–C) groups is 1. The van der Waals surface area contributed by atoms with Gasteiger partial charge < -0.3 is 20.3 Å². The Morgan fingerprint density at radius 3 is 2.52 bits per heavy atom. The number of hydrogen-bond donors (Lipinski definition) is 2. The topological polar surface area (TPSA) is 69.2 Å². The standard InChI is InChI=1S/C24H39N5O2/c1-4-25-24(27-17-22(19(2)3)28-12-14-31-15-13-28)26-16-20-8-5-6-9-21(20)18-29-11-7-10-23(29)30/h5-6,8-9,19,22H,4,7,10-18H2,1-3H3,(H2,25,26,27). The fourth-order valence-corrected chi connectivity index (χ4v) is 4.35. The van der Waals surface area contributed by atoms with Crippen LogP contribution in [0.3, 0.4) is 0 Å². The average molecular weight is 430 g/mol. The Balaban J connectivity index is 1.63. The molecule has 31 heavy (non-hydrogen) atoms. The van der Waals surface area contributed by atoms with Gasteiger partial charge in [-0.05, 0) is 30.4 Å². The maximum Gasteiger partial charge on any atom is 0.222 e. The normalized spacial score (nSPS) is 19.2. The van der Waals surface area contributed by atoms with Gasteiger partial charge in [0.1, 0.15) is 0 Å². The highest BCUT2D eigenvalue weighted by Gasteiger charge is 2.24. The van der Waals surface area contributed by atoms with Crippen molar-refractivity contribution in [2.45, 2.75) is 52.7 Å². The van der Waals surface area contributed by atoms with Gasteiger partial charge in [0.2, 0.25) is 5.91 Å². The molecule has 0 spiro atoms. The molecule has 0 aliphatic carbocycles. The van der Waals surface area contributed by atoms with Crippen LogP contribution in [0.5, 0.6) is 0 Å². The maximum absolute atomic E-state index is 12.0. The largest absolute Gasteiger partial charge is 0.379 e. The van der Waals surface area contributed by atoms with E-state index in [0.717, 1.165) is 58.3 Å².